The van der Waals surface area contributed by atoms with Crippen molar-refractivity contribution in [2.75, 3.05) is 0 Å². The molecule has 15 heteroatoms. The summed E-state index contributed by atoms with van der Waals surface area (Å²) in [6.45, 7) is 94.0. The van der Waals surface area contributed by atoms with Crippen molar-refractivity contribution in [3.05, 3.63) is 228 Å². The molecule has 0 unspecified atom stereocenters. The van der Waals surface area contributed by atoms with Crippen LogP contribution >= 0.6 is 11.3 Å². The Morgan fingerprint density at radius 2 is 0.626 bits per heavy atom. The standard InChI is InChI=1S/3C9H13N.5C8H12N2.C7H11NS.9C2H6/c1-9(2,3)8-4-6-10-7-5-8;1-9(2,3)8-5-4-6-10-7-8;1-9(2,3)8-6-4-5-7-10-8;1-8(2,3)7-4-9-6-10-5-7;1-8(2,3)7-6-9-4-5-10-7;1-8(2,3)7-4-5-9-6-10-7;1-8(2,3)7-9-5-4-6-10-7;1-8(2,3)7-5-4-6-9-10-7;1-7(2,3)6-8-4-5-9-6;9*1-2/h3*4-7H,1-3H3;5*4-6H,1-3H3;4-5H,1-3H3;9*1-2H3. The van der Waals surface area contributed by atoms with Crippen molar-refractivity contribution in [3.63, 3.8) is 0 Å². The van der Waals surface area contributed by atoms with Gasteiger partial charge in [0, 0.05) is 142 Å². The zero-order valence-electron chi connectivity index (χ0n) is 77.4. The quantitative estimate of drug-likeness (QED) is 0.140. The van der Waals surface area contributed by atoms with Crippen molar-refractivity contribution in [3.8, 4) is 0 Å². The minimum Gasteiger partial charge on any atom is -0.265 e. The van der Waals surface area contributed by atoms with Crippen molar-refractivity contribution >= 4 is 11.3 Å². The van der Waals surface area contributed by atoms with E-state index in [0.29, 0.717) is 0 Å². The predicted octanol–water partition coefficient (Wildman–Crippen LogP) is 27.7. The molecule has 107 heavy (non-hydrogen) atoms. The predicted molar refractivity (Wildman–Crippen MR) is 475 cm³/mol. The highest BCUT2D eigenvalue weighted by Gasteiger charge is 2.19. The topological polar surface area (TPSA) is 180 Å². The number of thiazole rings is 1. The van der Waals surface area contributed by atoms with E-state index in [1.807, 2.05) is 216 Å². The summed E-state index contributed by atoms with van der Waals surface area (Å²) in [6, 6.07) is 21.9. The smallest absolute Gasteiger partial charge is 0.133 e. The zero-order valence-corrected chi connectivity index (χ0v) is 78.2. The van der Waals surface area contributed by atoms with Crippen molar-refractivity contribution in [1.29, 1.82) is 0 Å². The van der Waals surface area contributed by atoms with Gasteiger partial charge in [-0.1, -0.05) is 324 Å². The maximum atomic E-state index is 4.25. The molecule has 0 fully saturated rings. The maximum Gasteiger partial charge on any atom is 0.133 e. The van der Waals surface area contributed by atoms with Crippen LogP contribution in [-0.2, 0) is 48.7 Å². The van der Waals surface area contributed by atoms with Gasteiger partial charge >= 0.3 is 0 Å². The molecule has 0 aliphatic rings. The second kappa shape index (κ2) is 67.8. The molecular formula is C92H164N14S. The molecule has 0 aliphatic carbocycles. The highest BCUT2D eigenvalue weighted by atomic mass is 32.1. The molecule has 0 amide bonds. The minimum absolute atomic E-state index is 0.0707. The summed E-state index contributed by atoms with van der Waals surface area (Å²) >= 11 is 1.72. The molecule has 0 spiro atoms. The van der Waals surface area contributed by atoms with Crippen molar-refractivity contribution in [2.45, 2.75) is 360 Å². The first kappa shape index (κ1) is 118. The number of hydrogen-bond acceptors (Lipinski definition) is 15. The normalized spacial score (nSPS) is 10.1. The molecule has 0 N–H and O–H groups in total. The summed E-state index contributed by atoms with van der Waals surface area (Å²) in [6.07, 6.45) is 30.1. The number of hydrogen-bond donors (Lipinski definition) is 0. The number of aromatic nitrogens is 14. The van der Waals surface area contributed by atoms with Crippen LogP contribution < -0.4 is 0 Å². The Bertz CT molecular complexity index is 2560. The van der Waals surface area contributed by atoms with Gasteiger partial charge in [-0.05, 0) is 87.5 Å². The van der Waals surface area contributed by atoms with Crippen molar-refractivity contribution < 1.29 is 0 Å². The lowest BCUT2D eigenvalue weighted by Gasteiger charge is -2.17. The van der Waals surface area contributed by atoms with Crippen LogP contribution in [0.4, 0.5) is 0 Å². The Hall–Kier alpha value is -7.52. The molecule has 9 aromatic rings. The van der Waals surface area contributed by atoms with Gasteiger partial charge in [-0.25, -0.2) is 34.9 Å². The van der Waals surface area contributed by atoms with Gasteiger partial charge in [-0.2, -0.15) is 10.2 Å². The highest BCUT2D eigenvalue weighted by Crippen LogP contribution is 2.25. The molecule has 9 rings (SSSR count). The lowest BCUT2D eigenvalue weighted by Crippen LogP contribution is -2.14. The summed E-state index contributed by atoms with van der Waals surface area (Å²) in [4.78, 5) is 48.8. The molecule has 0 aromatic carbocycles. The molecule has 0 saturated heterocycles. The van der Waals surface area contributed by atoms with E-state index in [4.69, 9.17) is 0 Å². The molecular weight excluding hydrogens is 1330 g/mol. The largest absolute Gasteiger partial charge is 0.265 e. The van der Waals surface area contributed by atoms with Crippen LogP contribution in [0.1, 0.15) is 362 Å². The van der Waals surface area contributed by atoms with E-state index in [0.717, 1.165) is 28.6 Å². The third-order valence-corrected chi connectivity index (χ3v) is 13.5. The van der Waals surface area contributed by atoms with Crippen LogP contribution in [0.25, 0.3) is 0 Å². The van der Waals surface area contributed by atoms with Crippen LogP contribution in [0.3, 0.4) is 0 Å². The molecule has 9 aromatic heterocycles. The van der Waals surface area contributed by atoms with Gasteiger partial charge in [0.2, 0.25) is 0 Å². The molecule has 0 atom stereocenters. The van der Waals surface area contributed by atoms with Crippen LogP contribution in [0.5, 0.6) is 0 Å². The minimum atomic E-state index is 0.0707. The monoisotopic (exact) mass is 1500 g/mol. The first-order valence-corrected chi connectivity index (χ1v) is 40.3. The van der Waals surface area contributed by atoms with Crippen LogP contribution in [0.15, 0.2) is 178 Å². The molecule has 0 bridgehead atoms. The van der Waals surface area contributed by atoms with Gasteiger partial charge < -0.3 is 0 Å². The van der Waals surface area contributed by atoms with E-state index in [1.165, 1.54) is 21.7 Å². The van der Waals surface area contributed by atoms with E-state index < -0.39 is 0 Å². The van der Waals surface area contributed by atoms with E-state index in [9.17, 15) is 0 Å². The molecule has 0 radical (unpaired) electrons. The molecule has 0 saturated carbocycles. The lowest BCUT2D eigenvalue weighted by atomic mass is 9.88. The Labute approximate surface area is 665 Å². The van der Waals surface area contributed by atoms with E-state index in [-0.39, 0.29) is 48.7 Å². The van der Waals surface area contributed by atoms with Gasteiger partial charge in [-0.15, -0.1) is 11.3 Å². The van der Waals surface area contributed by atoms with Gasteiger partial charge in [0.15, 0.2) is 0 Å². The molecule has 14 nitrogen and oxygen atoms in total. The van der Waals surface area contributed by atoms with Crippen LogP contribution in [-0.4, -0.2) is 70.0 Å². The van der Waals surface area contributed by atoms with Gasteiger partial charge in [-0.3, -0.25) is 24.9 Å². The maximum absolute atomic E-state index is 4.25. The molecule has 608 valence electrons. The van der Waals surface area contributed by atoms with Gasteiger partial charge in [0.25, 0.3) is 0 Å². The SMILES string of the molecule is CC.CC.CC.CC.CC.CC.CC.CC.CC.CC(C)(C)c1ccccn1.CC(C)(C)c1cccnc1.CC(C)(C)c1cccnn1.CC(C)(C)c1ccncc1.CC(C)(C)c1ccncn1.CC(C)(C)c1cnccn1.CC(C)(C)c1cncnc1.CC(C)(C)c1ncccn1.CC(C)(C)c1nccs1. The fourth-order valence-corrected chi connectivity index (χ4v) is 7.28. The average Bonchev–Trinajstić information content (AvgIpc) is 1.91. The summed E-state index contributed by atoms with van der Waals surface area (Å²) in [7, 11) is 0. The van der Waals surface area contributed by atoms with Crippen LogP contribution in [0, 0.1) is 0 Å². The second-order valence-corrected chi connectivity index (χ2v) is 31.2. The number of pyridine rings is 3. The summed E-state index contributed by atoms with van der Waals surface area (Å²) in [5, 5.41) is 11.0. The highest BCUT2D eigenvalue weighted by molar-refractivity contribution is 7.09. The lowest BCUT2D eigenvalue weighted by molar-refractivity contribution is 0.545. The fraction of sp³-hybridized carbons (Fsp3) is 0.587. The van der Waals surface area contributed by atoms with Gasteiger partial charge in [0.05, 0.1) is 16.4 Å². The van der Waals surface area contributed by atoms with E-state index in [2.05, 4.69) is 281 Å². The van der Waals surface area contributed by atoms with Crippen molar-refractivity contribution in [1.82, 2.24) is 70.0 Å². The Kier molecular flexibility index (Phi) is 74.7. The summed E-state index contributed by atoms with van der Waals surface area (Å²) in [5.74, 6) is 0.898. The second-order valence-electron chi connectivity index (χ2n) is 30.3. The van der Waals surface area contributed by atoms with Crippen molar-refractivity contribution in [2.24, 2.45) is 0 Å². The first-order chi connectivity index (χ1) is 49.9. The number of rotatable bonds is 0. The molecule has 0 aliphatic heterocycles. The summed E-state index contributed by atoms with van der Waals surface area (Å²) < 4.78 is 0. The third kappa shape index (κ3) is 66.4. The number of nitrogens with zero attached hydrogens (tertiary/aromatic N) is 14. The zero-order chi connectivity index (χ0) is 85.8. The average molecular weight is 1500 g/mol. The van der Waals surface area contributed by atoms with Crippen LogP contribution in [0.2, 0.25) is 0 Å². The third-order valence-electron chi connectivity index (χ3n) is 12.3. The fourth-order valence-electron chi connectivity index (χ4n) is 6.55. The Morgan fingerprint density at radius 1 is 0.224 bits per heavy atom. The Balaban J connectivity index is -0.000000140. The van der Waals surface area contributed by atoms with Gasteiger partial charge in [0.1, 0.15) is 18.5 Å². The Morgan fingerprint density at radius 3 is 0.869 bits per heavy atom. The molecule has 9 heterocycles. The van der Waals surface area contributed by atoms with E-state index >= 15 is 0 Å². The van der Waals surface area contributed by atoms with E-state index in [1.54, 1.807) is 73.6 Å². The first-order valence-electron chi connectivity index (χ1n) is 39.4. The summed E-state index contributed by atoms with van der Waals surface area (Å²) in [5.41, 5.74) is 9.62.